The first-order chi connectivity index (χ1) is 12.6. The molecular weight excluding hydrogens is 342 g/mol. The van der Waals surface area contributed by atoms with E-state index < -0.39 is 17.5 Å². The zero-order valence-electron chi connectivity index (χ0n) is 16.3. The number of carbonyl (C=O) groups excluding carboxylic acids is 3. The maximum absolute atomic E-state index is 12.5. The molecule has 5 heteroatoms. The fourth-order valence-corrected chi connectivity index (χ4v) is 2.35. The van der Waals surface area contributed by atoms with Crippen LogP contribution in [-0.2, 0) is 9.53 Å². The zero-order valence-corrected chi connectivity index (χ0v) is 16.3. The van der Waals surface area contributed by atoms with E-state index in [0.29, 0.717) is 16.8 Å². The third-order valence-corrected chi connectivity index (χ3v) is 4.13. The van der Waals surface area contributed by atoms with E-state index in [9.17, 15) is 14.4 Å². The first kappa shape index (κ1) is 20.4. The highest BCUT2D eigenvalue weighted by atomic mass is 16.5. The molecule has 0 aliphatic heterocycles. The summed E-state index contributed by atoms with van der Waals surface area (Å²) < 4.78 is 5.31. The van der Waals surface area contributed by atoms with Crippen molar-refractivity contribution in [2.45, 2.75) is 40.7 Å². The molecule has 27 heavy (non-hydrogen) atoms. The van der Waals surface area contributed by atoms with Crippen LogP contribution >= 0.6 is 0 Å². The normalized spacial score (nSPS) is 12.2. The van der Waals surface area contributed by atoms with Crippen LogP contribution < -0.4 is 5.32 Å². The Morgan fingerprint density at radius 3 is 2.11 bits per heavy atom. The van der Waals surface area contributed by atoms with Crippen molar-refractivity contribution in [3.8, 4) is 0 Å². The lowest BCUT2D eigenvalue weighted by atomic mass is 9.95. The number of ether oxygens (including phenoxy) is 1. The number of hydrogen-bond acceptors (Lipinski definition) is 4. The van der Waals surface area contributed by atoms with Crippen LogP contribution in [0.25, 0.3) is 0 Å². The molecule has 2 aromatic rings. The van der Waals surface area contributed by atoms with Gasteiger partial charge in [0.25, 0.3) is 0 Å². The van der Waals surface area contributed by atoms with Crippen molar-refractivity contribution in [3.05, 3.63) is 65.2 Å². The first-order valence-electron chi connectivity index (χ1n) is 8.82. The van der Waals surface area contributed by atoms with Gasteiger partial charge in [0.05, 0.1) is 5.56 Å². The maximum Gasteiger partial charge on any atom is 0.339 e. The second-order valence-corrected chi connectivity index (χ2v) is 7.51. The van der Waals surface area contributed by atoms with Gasteiger partial charge in [-0.3, -0.25) is 9.59 Å². The molecule has 5 nitrogen and oxygen atoms in total. The Bertz CT molecular complexity index is 847. The smallest absolute Gasteiger partial charge is 0.339 e. The van der Waals surface area contributed by atoms with Crippen LogP contribution in [0.1, 0.15) is 54.0 Å². The van der Waals surface area contributed by atoms with Crippen molar-refractivity contribution in [1.29, 1.82) is 0 Å². The largest absolute Gasteiger partial charge is 0.451 e. The highest BCUT2D eigenvalue weighted by molar-refractivity contribution is 6.02. The summed E-state index contributed by atoms with van der Waals surface area (Å²) in [4.78, 5) is 36.8. The molecule has 0 radical (unpaired) electrons. The van der Waals surface area contributed by atoms with Crippen molar-refractivity contribution in [2.24, 2.45) is 5.41 Å². The Morgan fingerprint density at radius 1 is 0.963 bits per heavy atom. The van der Waals surface area contributed by atoms with Crippen molar-refractivity contribution < 1.29 is 19.1 Å². The van der Waals surface area contributed by atoms with Crippen LogP contribution in [-0.4, -0.2) is 23.8 Å². The summed E-state index contributed by atoms with van der Waals surface area (Å²) in [5, 5.41) is 2.80. The molecule has 0 bridgehead atoms. The monoisotopic (exact) mass is 367 g/mol. The van der Waals surface area contributed by atoms with Gasteiger partial charge in [-0.25, -0.2) is 4.79 Å². The summed E-state index contributed by atoms with van der Waals surface area (Å²) in [6, 6.07) is 13.6. The van der Waals surface area contributed by atoms with Crippen LogP contribution in [0, 0.1) is 12.3 Å². The van der Waals surface area contributed by atoms with Crippen molar-refractivity contribution >= 4 is 23.3 Å². The molecule has 2 aromatic carbocycles. The lowest BCUT2D eigenvalue weighted by molar-refractivity contribution is -0.123. The molecule has 0 saturated carbocycles. The minimum atomic E-state index is -0.910. The minimum absolute atomic E-state index is 0.109. The average molecular weight is 367 g/mol. The molecule has 0 unspecified atom stereocenters. The summed E-state index contributed by atoms with van der Waals surface area (Å²) in [7, 11) is 0. The number of benzene rings is 2. The van der Waals surface area contributed by atoms with Crippen LogP contribution in [0.5, 0.6) is 0 Å². The third kappa shape index (κ3) is 5.26. The fraction of sp³-hybridized carbons (Fsp3) is 0.318. The molecule has 2 rings (SSSR count). The number of hydrogen-bond donors (Lipinski definition) is 1. The van der Waals surface area contributed by atoms with Gasteiger partial charge in [0, 0.05) is 16.7 Å². The van der Waals surface area contributed by atoms with E-state index in [1.807, 2.05) is 39.8 Å². The lowest BCUT2D eigenvalue weighted by Crippen LogP contribution is -2.27. The van der Waals surface area contributed by atoms with Gasteiger partial charge in [-0.2, -0.15) is 0 Å². The number of anilines is 1. The molecule has 0 aliphatic rings. The topological polar surface area (TPSA) is 72.5 Å². The molecule has 1 atom stereocenters. The summed E-state index contributed by atoms with van der Waals surface area (Å²) >= 11 is 0. The van der Waals surface area contributed by atoms with E-state index in [-0.39, 0.29) is 11.7 Å². The number of rotatable bonds is 5. The van der Waals surface area contributed by atoms with E-state index in [4.69, 9.17) is 4.74 Å². The second-order valence-electron chi connectivity index (χ2n) is 7.51. The third-order valence-electron chi connectivity index (χ3n) is 4.13. The average Bonchev–Trinajstić information content (AvgIpc) is 2.61. The fourth-order valence-electron chi connectivity index (χ4n) is 2.35. The van der Waals surface area contributed by atoms with Gasteiger partial charge in [0.2, 0.25) is 11.7 Å². The number of Topliss-reactive ketones (excluding diaryl/α,β-unsaturated/α-hetero) is 1. The van der Waals surface area contributed by atoms with Crippen molar-refractivity contribution in [1.82, 2.24) is 0 Å². The number of amides is 1. The molecule has 0 saturated heterocycles. The van der Waals surface area contributed by atoms with Gasteiger partial charge in [0.15, 0.2) is 6.10 Å². The molecule has 0 heterocycles. The first-order valence-corrected chi connectivity index (χ1v) is 8.82. The number of ketones is 1. The SMILES string of the molecule is Cc1ccccc1C(=O)O[C@H](C)C(=O)c1ccc(NC(=O)C(C)(C)C)cc1. The van der Waals surface area contributed by atoms with E-state index >= 15 is 0 Å². The second kappa shape index (κ2) is 8.16. The Morgan fingerprint density at radius 2 is 1.56 bits per heavy atom. The highest BCUT2D eigenvalue weighted by Gasteiger charge is 2.23. The van der Waals surface area contributed by atoms with Crippen LogP contribution in [0.15, 0.2) is 48.5 Å². The molecule has 0 aromatic heterocycles. The number of carbonyl (C=O) groups is 3. The van der Waals surface area contributed by atoms with Gasteiger partial charge in [-0.05, 0) is 49.7 Å². The molecule has 142 valence electrons. The Balaban J connectivity index is 2.03. The predicted molar refractivity (Wildman–Crippen MR) is 105 cm³/mol. The molecule has 1 N–H and O–H groups in total. The maximum atomic E-state index is 12.5. The van der Waals surface area contributed by atoms with Crippen LogP contribution in [0.2, 0.25) is 0 Å². The molecule has 0 aliphatic carbocycles. The highest BCUT2D eigenvalue weighted by Crippen LogP contribution is 2.19. The van der Waals surface area contributed by atoms with Crippen molar-refractivity contribution in [3.63, 3.8) is 0 Å². The number of esters is 1. The van der Waals surface area contributed by atoms with Gasteiger partial charge >= 0.3 is 5.97 Å². The summed E-state index contributed by atoms with van der Waals surface area (Å²) in [5.41, 5.74) is 1.75. The number of aryl methyl sites for hydroxylation is 1. The van der Waals surface area contributed by atoms with E-state index in [1.165, 1.54) is 0 Å². The van der Waals surface area contributed by atoms with Gasteiger partial charge in [-0.1, -0.05) is 39.0 Å². The molecule has 0 fully saturated rings. The van der Waals surface area contributed by atoms with Gasteiger partial charge < -0.3 is 10.1 Å². The van der Waals surface area contributed by atoms with Crippen molar-refractivity contribution in [2.75, 3.05) is 5.32 Å². The lowest BCUT2D eigenvalue weighted by Gasteiger charge is -2.18. The summed E-state index contributed by atoms with van der Waals surface area (Å²) in [6.07, 6.45) is -0.910. The van der Waals surface area contributed by atoms with Crippen LogP contribution in [0.3, 0.4) is 0 Å². The predicted octanol–water partition coefficient (Wildman–Crippen LogP) is 4.41. The summed E-state index contributed by atoms with van der Waals surface area (Å²) in [6.45, 7) is 8.83. The Hall–Kier alpha value is -2.95. The van der Waals surface area contributed by atoms with Crippen LogP contribution in [0.4, 0.5) is 5.69 Å². The van der Waals surface area contributed by atoms with E-state index in [0.717, 1.165) is 5.56 Å². The van der Waals surface area contributed by atoms with E-state index in [1.54, 1.807) is 43.3 Å². The standard InChI is InChI=1S/C22H25NO4/c1-14-8-6-7-9-18(14)20(25)27-15(2)19(24)16-10-12-17(13-11-16)23-21(26)22(3,4)5/h6-13,15H,1-5H3,(H,23,26)/t15-/m1/s1. The quantitative estimate of drug-likeness (QED) is 0.628. The van der Waals surface area contributed by atoms with E-state index in [2.05, 4.69) is 5.32 Å². The van der Waals surface area contributed by atoms with Gasteiger partial charge in [-0.15, -0.1) is 0 Å². The molecule has 0 spiro atoms. The zero-order chi connectivity index (χ0) is 20.2. The minimum Gasteiger partial charge on any atom is -0.451 e. The Kier molecular flexibility index (Phi) is 6.16. The van der Waals surface area contributed by atoms with Gasteiger partial charge in [0.1, 0.15) is 0 Å². The Labute approximate surface area is 159 Å². The molecular formula is C22H25NO4. The summed E-state index contributed by atoms with van der Waals surface area (Å²) in [5.74, 6) is -0.934. The molecule has 1 amide bonds. The number of nitrogens with one attached hydrogen (secondary N) is 1.